The maximum Gasteiger partial charge on any atom is 0.208 e. The van der Waals surface area contributed by atoms with Gasteiger partial charge in [0.2, 0.25) is 5.79 Å². The van der Waals surface area contributed by atoms with Crippen LogP contribution in [0.2, 0.25) is 15.1 Å². The van der Waals surface area contributed by atoms with Crippen molar-refractivity contribution < 1.29 is 9.47 Å². The van der Waals surface area contributed by atoms with E-state index < -0.39 is 5.79 Å². The average molecular weight is 529 g/mol. The molecule has 3 aromatic rings. The summed E-state index contributed by atoms with van der Waals surface area (Å²) >= 11 is 19.0. The van der Waals surface area contributed by atoms with Crippen LogP contribution in [0.3, 0.4) is 0 Å². The lowest BCUT2D eigenvalue weighted by atomic mass is 9.99. The SMILES string of the molecule is [C-]#[N+]c1ccc(C2(CN3CCN(c4ccc(Cl)cc4Cl)[C@H](c4ccc(Cl)cc4)C3)OCCO2)cc1. The Hall–Kier alpha value is -2.30. The van der Waals surface area contributed by atoms with E-state index in [0.717, 1.165) is 36.4 Å². The van der Waals surface area contributed by atoms with Crippen LogP contribution in [0.4, 0.5) is 11.4 Å². The van der Waals surface area contributed by atoms with Crippen molar-refractivity contribution in [3.8, 4) is 0 Å². The Morgan fingerprint density at radius 2 is 1.57 bits per heavy atom. The van der Waals surface area contributed by atoms with Crippen LogP contribution in [0.25, 0.3) is 4.85 Å². The molecule has 2 aliphatic heterocycles. The van der Waals surface area contributed by atoms with E-state index in [2.05, 4.69) is 26.8 Å². The largest absolute Gasteiger partial charge is 0.361 e. The summed E-state index contributed by atoms with van der Waals surface area (Å²) in [5.41, 5.74) is 3.62. The van der Waals surface area contributed by atoms with Crippen molar-refractivity contribution in [3.63, 3.8) is 0 Å². The van der Waals surface area contributed by atoms with Gasteiger partial charge in [-0.3, -0.25) is 4.90 Å². The minimum absolute atomic E-state index is 0.0441. The molecule has 0 N–H and O–H groups in total. The standard InChI is InChI=1S/C27H24Cl3N3O2/c1-31-23-9-4-20(5-10-23)27(34-14-15-35-27)18-32-12-13-33(25-11-8-22(29)16-24(25)30)26(17-32)19-2-6-21(28)7-3-19/h2-11,16,26H,12-15,17-18H2/t26-/m0/s1. The van der Waals surface area contributed by atoms with Crippen molar-refractivity contribution in [1.82, 2.24) is 4.90 Å². The molecule has 5 rings (SSSR count). The number of anilines is 1. The molecule has 3 aromatic carbocycles. The van der Waals surface area contributed by atoms with E-state index in [1.807, 2.05) is 48.5 Å². The molecular formula is C27H24Cl3N3O2. The van der Waals surface area contributed by atoms with Crippen molar-refractivity contribution >= 4 is 46.2 Å². The smallest absolute Gasteiger partial charge is 0.208 e. The monoisotopic (exact) mass is 527 g/mol. The maximum atomic E-state index is 7.24. The molecule has 0 aliphatic carbocycles. The molecule has 35 heavy (non-hydrogen) atoms. The topological polar surface area (TPSA) is 29.3 Å². The molecule has 8 heteroatoms. The molecule has 0 saturated carbocycles. The first-order valence-electron chi connectivity index (χ1n) is 11.4. The van der Waals surface area contributed by atoms with Crippen molar-refractivity contribution in [3.05, 3.63) is 104 Å². The normalized spacial score (nSPS) is 20.1. The van der Waals surface area contributed by atoms with Gasteiger partial charge in [0.25, 0.3) is 0 Å². The number of benzene rings is 3. The molecule has 2 saturated heterocycles. The quantitative estimate of drug-likeness (QED) is 0.335. The van der Waals surface area contributed by atoms with Gasteiger partial charge in [-0.25, -0.2) is 4.85 Å². The highest BCUT2D eigenvalue weighted by molar-refractivity contribution is 6.36. The van der Waals surface area contributed by atoms with Gasteiger partial charge >= 0.3 is 0 Å². The Morgan fingerprint density at radius 3 is 2.23 bits per heavy atom. The Bertz CT molecular complexity index is 1220. The lowest BCUT2D eigenvalue weighted by Gasteiger charge is -2.45. The third-order valence-corrected chi connectivity index (χ3v) is 7.35. The van der Waals surface area contributed by atoms with E-state index in [4.69, 9.17) is 50.8 Å². The van der Waals surface area contributed by atoms with Gasteiger partial charge in [-0.05, 0) is 35.9 Å². The fraction of sp³-hybridized carbons (Fsp3) is 0.296. The second kappa shape index (κ2) is 10.4. The zero-order valence-electron chi connectivity index (χ0n) is 19.0. The maximum absolute atomic E-state index is 7.24. The first-order valence-corrected chi connectivity index (χ1v) is 12.6. The van der Waals surface area contributed by atoms with Crippen LogP contribution in [-0.4, -0.2) is 44.3 Å². The minimum Gasteiger partial charge on any atom is -0.361 e. The number of nitrogens with zero attached hydrogens (tertiary/aromatic N) is 3. The van der Waals surface area contributed by atoms with E-state index in [-0.39, 0.29) is 6.04 Å². The summed E-state index contributed by atoms with van der Waals surface area (Å²) in [6.07, 6.45) is 0. The van der Waals surface area contributed by atoms with Crippen LogP contribution in [0, 0.1) is 6.57 Å². The van der Waals surface area contributed by atoms with Crippen LogP contribution < -0.4 is 4.90 Å². The lowest BCUT2D eigenvalue weighted by Crippen LogP contribution is -2.53. The molecule has 2 fully saturated rings. The highest BCUT2D eigenvalue weighted by Gasteiger charge is 2.42. The van der Waals surface area contributed by atoms with Crippen LogP contribution >= 0.6 is 34.8 Å². The van der Waals surface area contributed by atoms with Gasteiger partial charge in [-0.1, -0.05) is 71.2 Å². The highest BCUT2D eigenvalue weighted by atomic mass is 35.5. The number of hydrogen-bond donors (Lipinski definition) is 0. The predicted molar refractivity (Wildman–Crippen MR) is 141 cm³/mol. The van der Waals surface area contributed by atoms with Gasteiger partial charge in [0.05, 0.1) is 43.1 Å². The average Bonchev–Trinajstić information content (AvgIpc) is 3.34. The molecule has 1 atom stereocenters. The molecule has 180 valence electrons. The Kier molecular flexibility index (Phi) is 7.22. The van der Waals surface area contributed by atoms with E-state index in [0.29, 0.717) is 40.5 Å². The van der Waals surface area contributed by atoms with Crippen molar-refractivity contribution in [1.29, 1.82) is 0 Å². The van der Waals surface area contributed by atoms with Gasteiger partial charge in [-0.2, -0.15) is 0 Å². The fourth-order valence-electron chi connectivity index (χ4n) is 4.84. The summed E-state index contributed by atoms with van der Waals surface area (Å²) in [4.78, 5) is 8.19. The molecule has 0 bridgehead atoms. The molecular weight excluding hydrogens is 505 g/mol. The molecule has 0 spiro atoms. The van der Waals surface area contributed by atoms with E-state index in [1.165, 1.54) is 0 Å². The molecule has 0 unspecified atom stereocenters. The van der Waals surface area contributed by atoms with Crippen LogP contribution in [0.15, 0.2) is 66.7 Å². The first kappa shape index (κ1) is 24.4. The summed E-state index contributed by atoms with van der Waals surface area (Å²) in [6, 6.07) is 21.1. The van der Waals surface area contributed by atoms with Crippen molar-refractivity contribution in [2.75, 3.05) is 44.3 Å². The van der Waals surface area contributed by atoms with Crippen LogP contribution in [0.1, 0.15) is 17.2 Å². The second-order valence-electron chi connectivity index (χ2n) is 8.70. The molecule has 0 aromatic heterocycles. The molecule has 0 amide bonds. The number of hydrogen-bond acceptors (Lipinski definition) is 4. The van der Waals surface area contributed by atoms with Gasteiger partial charge in [0, 0.05) is 35.2 Å². The minimum atomic E-state index is -0.856. The number of rotatable bonds is 5. The number of piperazine rings is 1. The Morgan fingerprint density at radius 1 is 0.886 bits per heavy atom. The zero-order valence-corrected chi connectivity index (χ0v) is 21.2. The summed E-state index contributed by atoms with van der Waals surface area (Å²) in [6.45, 7) is 11.2. The van der Waals surface area contributed by atoms with E-state index in [9.17, 15) is 0 Å². The molecule has 5 nitrogen and oxygen atoms in total. The Labute approximate surface area is 220 Å². The predicted octanol–water partition coefficient (Wildman–Crippen LogP) is 6.96. The van der Waals surface area contributed by atoms with Gasteiger partial charge in [-0.15, -0.1) is 0 Å². The van der Waals surface area contributed by atoms with Crippen LogP contribution in [0.5, 0.6) is 0 Å². The highest BCUT2D eigenvalue weighted by Crippen LogP contribution is 2.39. The van der Waals surface area contributed by atoms with Gasteiger partial charge in [0.15, 0.2) is 5.69 Å². The second-order valence-corrected chi connectivity index (χ2v) is 9.98. The van der Waals surface area contributed by atoms with Gasteiger partial charge < -0.3 is 14.4 Å². The van der Waals surface area contributed by atoms with E-state index >= 15 is 0 Å². The zero-order chi connectivity index (χ0) is 24.4. The van der Waals surface area contributed by atoms with Crippen LogP contribution in [-0.2, 0) is 15.3 Å². The lowest BCUT2D eigenvalue weighted by molar-refractivity contribution is -0.180. The van der Waals surface area contributed by atoms with Gasteiger partial charge in [0.1, 0.15) is 0 Å². The Balaban J connectivity index is 1.44. The third kappa shape index (κ3) is 5.15. The van der Waals surface area contributed by atoms with Crippen molar-refractivity contribution in [2.45, 2.75) is 11.8 Å². The summed E-state index contributed by atoms with van der Waals surface area (Å²) in [7, 11) is 0. The molecule has 2 heterocycles. The summed E-state index contributed by atoms with van der Waals surface area (Å²) in [5.74, 6) is -0.856. The number of ether oxygens (including phenoxy) is 2. The third-order valence-electron chi connectivity index (χ3n) is 6.56. The fourth-order valence-corrected chi connectivity index (χ4v) is 5.49. The number of halogens is 3. The van der Waals surface area contributed by atoms with E-state index in [1.54, 1.807) is 6.07 Å². The molecule has 2 aliphatic rings. The summed E-state index contributed by atoms with van der Waals surface area (Å²) in [5, 5.41) is 1.94. The molecule has 0 radical (unpaired) electrons. The van der Waals surface area contributed by atoms with Crippen molar-refractivity contribution in [2.24, 2.45) is 0 Å². The first-order chi connectivity index (χ1) is 17.0. The summed E-state index contributed by atoms with van der Waals surface area (Å²) < 4.78 is 12.4.